The third-order valence-electron chi connectivity index (χ3n) is 3.36. The monoisotopic (exact) mass is 327 g/mol. The minimum atomic E-state index is -0.854. The molecule has 5 heteroatoms. The molecule has 0 bridgehead atoms. The van der Waals surface area contributed by atoms with Crippen molar-refractivity contribution in [1.82, 2.24) is 0 Å². The van der Waals surface area contributed by atoms with Crippen LogP contribution >= 0.6 is 0 Å². The van der Waals surface area contributed by atoms with Gasteiger partial charge in [0.25, 0.3) is 0 Å². The van der Waals surface area contributed by atoms with Crippen LogP contribution in [0.25, 0.3) is 0 Å². The summed E-state index contributed by atoms with van der Waals surface area (Å²) in [6.45, 7) is 0.448. The van der Waals surface area contributed by atoms with Gasteiger partial charge in [-0.2, -0.15) is 0 Å². The molecule has 2 N–H and O–H groups in total. The molecule has 0 spiro atoms. The summed E-state index contributed by atoms with van der Waals surface area (Å²) in [4.78, 5) is 0. The van der Waals surface area contributed by atoms with Crippen molar-refractivity contribution in [3.8, 4) is 17.2 Å². The first-order valence-corrected chi connectivity index (χ1v) is 7.31. The Kier molecular flexibility index (Phi) is 4.61. The molecule has 0 amide bonds. The van der Waals surface area contributed by atoms with Crippen LogP contribution in [0.1, 0.15) is 5.56 Å². The van der Waals surface area contributed by atoms with E-state index in [-0.39, 0.29) is 11.4 Å². The number of nitrogens with two attached hydrogens (primary N) is 1. The zero-order valence-corrected chi connectivity index (χ0v) is 12.7. The van der Waals surface area contributed by atoms with Gasteiger partial charge < -0.3 is 15.2 Å². The van der Waals surface area contributed by atoms with Crippen LogP contribution in [0.3, 0.4) is 0 Å². The van der Waals surface area contributed by atoms with Gasteiger partial charge in [0.1, 0.15) is 29.6 Å². The Hall–Kier alpha value is -3.08. The fourth-order valence-corrected chi connectivity index (χ4v) is 2.12. The highest BCUT2D eigenvalue weighted by atomic mass is 19.1. The topological polar surface area (TPSA) is 44.5 Å². The molecule has 0 fully saturated rings. The third kappa shape index (κ3) is 3.81. The minimum Gasteiger partial charge on any atom is -0.489 e. The zero-order valence-electron chi connectivity index (χ0n) is 12.7. The van der Waals surface area contributed by atoms with Gasteiger partial charge in [0.15, 0.2) is 11.6 Å². The molecule has 24 heavy (non-hydrogen) atoms. The number of benzene rings is 3. The highest BCUT2D eigenvalue weighted by Crippen LogP contribution is 2.31. The number of nitrogen functional groups attached to an aromatic ring is 1. The van der Waals surface area contributed by atoms with Crippen molar-refractivity contribution in [2.75, 3.05) is 5.73 Å². The lowest BCUT2D eigenvalue weighted by Crippen LogP contribution is -1.97. The highest BCUT2D eigenvalue weighted by molar-refractivity contribution is 5.55. The van der Waals surface area contributed by atoms with Crippen molar-refractivity contribution in [3.63, 3.8) is 0 Å². The molecule has 0 aromatic heterocycles. The number of halogens is 2. The van der Waals surface area contributed by atoms with Crippen LogP contribution in [0.2, 0.25) is 0 Å². The first kappa shape index (κ1) is 15.8. The summed E-state index contributed by atoms with van der Waals surface area (Å²) in [5, 5.41) is 0. The van der Waals surface area contributed by atoms with Crippen LogP contribution in [0.4, 0.5) is 14.5 Å². The Morgan fingerprint density at radius 3 is 2.21 bits per heavy atom. The fraction of sp³-hybridized carbons (Fsp3) is 0.0526. The molecule has 3 nitrogen and oxygen atoms in total. The van der Waals surface area contributed by atoms with E-state index in [0.717, 1.165) is 11.6 Å². The molecular formula is C19H15F2NO2. The fourth-order valence-electron chi connectivity index (χ4n) is 2.12. The van der Waals surface area contributed by atoms with Gasteiger partial charge >= 0.3 is 0 Å². The molecular weight excluding hydrogens is 312 g/mol. The zero-order chi connectivity index (χ0) is 16.9. The minimum absolute atomic E-state index is 0.0644. The quantitative estimate of drug-likeness (QED) is 0.677. The van der Waals surface area contributed by atoms with Crippen molar-refractivity contribution in [1.29, 1.82) is 0 Å². The second-order valence-electron chi connectivity index (χ2n) is 5.15. The molecule has 0 atom stereocenters. The van der Waals surface area contributed by atoms with Crippen LogP contribution in [-0.4, -0.2) is 0 Å². The van der Waals surface area contributed by atoms with Gasteiger partial charge in [0.05, 0.1) is 0 Å². The molecule has 0 aliphatic heterocycles. The standard InChI is InChI=1S/C19H15F2NO2/c20-14-10-17(21)19(22)18(11-14)24-16-8-6-15(7-9-16)23-12-13-4-2-1-3-5-13/h1-11H,12,22H2. The second-order valence-corrected chi connectivity index (χ2v) is 5.15. The van der Waals surface area contributed by atoms with Gasteiger partial charge in [-0.1, -0.05) is 30.3 Å². The molecule has 0 saturated carbocycles. The number of rotatable bonds is 5. The van der Waals surface area contributed by atoms with Crippen LogP contribution in [0, 0.1) is 11.6 Å². The Balaban J connectivity index is 1.67. The lowest BCUT2D eigenvalue weighted by molar-refractivity contribution is 0.306. The van der Waals surface area contributed by atoms with E-state index in [2.05, 4.69) is 0 Å². The van der Waals surface area contributed by atoms with Crippen molar-refractivity contribution < 1.29 is 18.3 Å². The number of hydrogen-bond donors (Lipinski definition) is 1. The number of hydrogen-bond acceptors (Lipinski definition) is 3. The lowest BCUT2D eigenvalue weighted by atomic mass is 10.2. The van der Waals surface area contributed by atoms with Gasteiger partial charge in [-0.15, -0.1) is 0 Å². The summed E-state index contributed by atoms with van der Waals surface area (Å²) < 4.78 is 37.7. The molecule has 0 saturated heterocycles. The van der Waals surface area contributed by atoms with E-state index in [1.165, 1.54) is 0 Å². The molecule has 0 aliphatic rings. The summed E-state index contributed by atoms with van der Waals surface area (Å²) in [6.07, 6.45) is 0. The molecule has 0 unspecified atom stereocenters. The van der Waals surface area contributed by atoms with Gasteiger partial charge in [-0.05, 0) is 29.8 Å². The summed E-state index contributed by atoms with van der Waals surface area (Å²) in [5.41, 5.74) is 6.37. The first-order valence-electron chi connectivity index (χ1n) is 7.31. The maximum atomic E-state index is 13.4. The Bertz CT molecular complexity index is 821. The van der Waals surface area contributed by atoms with Crippen LogP contribution in [0.5, 0.6) is 17.2 Å². The lowest BCUT2D eigenvalue weighted by Gasteiger charge is -2.10. The summed E-state index contributed by atoms with van der Waals surface area (Å²) >= 11 is 0. The Morgan fingerprint density at radius 1 is 0.833 bits per heavy atom. The van der Waals surface area contributed by atoms with Crippen molar-refractivity contribution in [2.45, 2.75) is 6.61 Å². The third-order valence-corrected chi connectivity index (χ3v) is 3.36. The molecule has 0 radical (unpaired) electrons. The molecule has 0 heterocycles. The first-order chi connectivity index (χ1) is 11.6. The summed E-state index contributed by atoms with van der Waals surface area (Å²) in [7, 11) is 0. The number of anilines is 1. The smallest absolute Gasteiger partial charge is 0.156 e. The van der Waals surface area contributed by atoms with Crippen LogP contribution in [-0.2, 0) is 6.61 Å². The van der Waals surface area contributed by atoms with E-state index in [1.54, 1.807) is 24.3 Å². The van der Waals surface area contributed by atoms with Gasteiger partial charge in [-0.25, -0.2) is 8.78 Å². The maximum absolute atomic E-state index is 13.4. The van der Waals surface area contributed by atoms with E-state index in [1.807, 2.05) is 30.3 Å². The largest absolute Gasteiger partial charge is 0.489 e. The van der Waals surface area contributed by atoms with E-state index in [4.69, 9.17) is 15.2 Å². The molecule has 0 aliphatic carbocycles. The average Bonchev–Trinajstić information content (AvgIpc) is 2.59. The SMILES string of the molecule is Nc1c(F)cc(F)cc1Oc1ccc(OCc2ccccc2)cc1. The van der Waals surface area contributed by atoms with Gasteiger partial charge in [0.2, 0.25) is 0 Å². The Morgan fingerprint density at radius 2 is 1.50 bits per heavy atom. The molecule has 122 valence electrons. The van der Waals surface area contributed by atoms with Crippen molar-refractivity contribution in [3.05, 3.63) is 83.9 Å². The van der Waals surface area contributed by atoms with E-state index in [0.29, 0.717) is 24.2 Å². The van der Waals surface area contributed by atoms with Crippen molar-refractivity contribution >= 4 is 5.69 Å². The maximum Gasteiger partial charge on any atom is 0.156 e. The predicted octanol–water partition coefficient (Wildman–Crippen LogP) is 4.92. The van der Waals surface area contributed by atoms with E-state index >= 15 is 0 Å². The summed E-state index contributed by atoms with van der Waals surface area (Å²) in [6, 6.07) is 18.2. The second kappa shape index (κ2) is 7.00. The van der Waals surface area contributed by atoms with Gasteiger partial charge in [-0.3, -0.25) is 0 Å². The number of ether oxygens (including phenoxy) is 2. The van der Waals surface area contributed by atoms with E-state index in [9.17, 15) is 8.78 Å². The average molecular weight is 327 g/mol. The highest BCUT2D eigenvalue weighted by Gasteiger charge is 2.10. The summed E-state index contributed by atoms with van der Waals surface area (Å²) in [5.74, 6) is -0.610. The molecule has 3 aromatic rings. The Labute approximate surface area is 138 Å². The molecule has 3 rings (SSSR count). The van der Waals surface area contributed by atoms with E-state index < -0.39 is 11.6 Å². The van der Waals surface area contributed by atoms with Crippen molar-refractivity contribution in [2.24, 2.45) is 0 Å². The van der Waals surface area contributed by atoms with Gasteiger partial charge in [0, 0.05) is 12.1 Å². The predicted molar refractivity (Wildman–Crippen MR) is 88.1 cm³/mol. The molecule has 3 aromatic carbocycles. The van der Waals surface area contributed by atoms with Crippen LogP contribution in [0.15, 0.2) is 66.7 Å². The van der Waals surface area contributed by atoms with Crippen LogP contribution < -0.4 is 15.2 Å². The normalized spacial score (nSPS) is 10.4.